The Hall–Kier alpha value is -1.67. The Balaban J connectivity index is 2.36. The molecule has 1 aliphatic rings. The lowest BCUT2D eigenvalue weighted by Gasteiger charge is -2.14. The Bertz CT molecular complexity index is 654. The molecule has 8 heteroatoms. The van der Waals surface area contributed by atoms with Crippen LogP contribution in [0.2, 0.25) is 0 Å². The van der Waals surface area contributed by atoms with E-state index >= 15 is 0 Å². The van der Waals surface area contributed by atoms with Gasteiger partial charge in [-0.15, -0.1) is 0 Å². The molecule has 1 amide bonds. The van der Waals surface area contributed by atoms with Crippen molar-refractivity contribution in [1.29, 1.82) is 0 Å². The minimum absolute atomic E-state index is 0.0422. The minimum Gasteiger partial charge on any atom is -0.492 e. The number of rotatable bonds is 4. The maximum Gasteiger partial charge on any atom is 0.251 e. The van der Waals surface area contributed by atoms with Gasteiger partial charge in [0.1, 0.15) is 4.90 Å². The second kappa shape index (κ2) is 5.98. The molecule has 0 heterocycles. The Morgan fingerprint density at radius 3 is 2.52 bits per heavy atom. The first-order valence-corrected chi connectivity index (χ1v) is 8.08. The van der Waals surface area contributed by atoms with E-state index in [9.17, 15) is 17.6 Å². The van der Waals surface area contributed by atoms with Crippen LogP contribution in [-0.4, -0.2) is 27.5 Å². The van der Waals surface area contributed by atoms with Crippen LogP contribution in [0.5, 0.6) is 5.75 Å². The van der Waals surface area contributed by atoms with Crippen LogP contribution >= 0.6 is 0 Å². The van der Waals surface area contributed by atoms with Crippen LogP contribution in [0, 0.1) is 5.82 Å². The summed E-state index contributed by atoms with van der Waals surface area (Å²) in [5.74, 6) is -1.95. The number of halogens is 1. The highest BCUT2D eigenvalue weighted by Crippen LogP contribution is 2.28. The number of carbonyl (C=O) groups excluding carboxylic acids is 1. The average molecular weight is 316 g/mol. The number of ether oxygens (including phenoxy) is 1. The van der Waals surface area contributed by atoms with Crippen LogP contribution in [-0.2, 0) is 10.0 Å². The van der Waals surface area contributed by atoms with E-state index in [0.29, 0.717) is 0 Å². The third-order valence-corrected chi connectivity index (χ3v) is 4.39. The molecule has 0 bridgehead atoms. The molecule has 2 rings (SSSR count). The molecule has 1 aliphatic carbocycles. The van der Waals surface area contributed by atoms with Crippen LogP contribution in [0.25, 0.3) is 0 Å². The van der Waals surface area contributed by atoms with Gasteiger partial charge in [0.2, 0.25) is 10.0 Å². The number of nitrogens with two attached hydrogens (primary N) is 1. The van der Waals surface area contributed by atoms with Crippen molar-refractivity contribution < 1.29 is 22.3 Å². The van der Waals surface area contributed by atoms with E-state index in [1.165, 1.54) is 0 Å². The van der Waals surface area contributed by atoms with E-state index in [-0.39, 0.29) is 11.6 Å². The summed E-state index contributed by atoms with van der Waals surface area (Å²) < 4.78 is 41.6. The molecule has 0 unspecified atom stereocenters. The summed E-state index contributed by atoms with van der Waals surface area (Å²) in [6.07, 6.45) is 3.80. The predicted molar refractivity (Wildman–Crippen MR) is 74.0 cm³/mol. The number of amides is 1. The first-order valence-electron chi connectivity index (χ1n) is 6.54. The molecule has 3 N–H and O–H groups in total. The van der Waals surface area contributed by atoms with Gasteiger partial charge < -0.3 is 10.1 Å². The zero-order chi connectivity index (χ0) is 15.6. The highest BCUT2D eigenvalue weighted by Gasteiger charge is 2.24. The summed E-state index contributed by atoms with van der Waals surface area (Å²) in [4.78, 5) is 11.5. The fourth-order valence-corrected chi connectivity index (χ4v) is 3.18. The second-order valence-electron chi connectivity index (χ2n) is 4.99. The number of hydrogen-bond acceptors (Lipinski definition) is 4. The van der Waals surface area contributed by atoms with Crippen molar-refractivity contribution in [3.05, 3.63) is 23.5 Å². The second-order valence-corrected chi connectivity index (χ2v) is 6.52. The lowest BCUT2D eigenvalue weighted by Crippen LogP contribution is -2.32. The SMILES string of the molecule is COc1c(F)cc(C(=O)NC2CCCC2)cc1S(N)(=O)=O. The van der Waals surface area contributed by atoms with Gasteiger partial charge in [-0.3, -0.25) is 4.79 Å². The molecule has 0 radical (unpaired) electrons. The van der Waals surface area contributed by atoms with Gasteiger partial charge in [0.15, 0.2) is 11.6 Å². The smallest absolute Gasteiger partial charge is 0.251 e. The van der Waals surface area contributed by atoms with Crippen molar-refractivity contribution in [2.75, 3.05) is 7.11 Å². The van der Waals surface area contributed by atoms with Crippen molar-refractivity contribution >= 4 is 15.9 Å². The molecule has 0 saturated heterocycles. The van der Waals surface area contributed by atoms with Crippen molar-refractivity contribution in [2.24, 2.45) is 5.14 Å². The van der Waals surface area contributed by atoms with Gasteiger partial charge in [0, 0.05) is 11.6 Å². The van der Waals surface area contributed by atoms with Gasteiger partial charge >= 0.3 is 0 Å². The van der Waals surface area contributed by atoms with Gasteiger partial charge in [0.05, 0.1) is 7.11 Å². The molecule has 1 saturated carbocycles. The lowest BCUT2D eigenvalue weighted by atomic mass is 10.1. The monoisotopic (exact) mass is 316 g/mol. The highest BCUT2D eigenvalue weighted by atomic mass is 32.2. The van der Waals surface area contributed by atoms with Gasteiger partial charge in [-0.2, -0.15) is 0 Å². The summed E-state index contributed by atoms with van der Waals surface area (Å²) >= 11 is 0. The maximum atomic E-state index is 13.9. The van der Waals surface area contributed by atoms with Gasteiger partial charge in [-0.05, 0) is 25.0 Å². The highest BCUT2D eigenvalue weighted by molar-refractivity contribution is 7.89. The van der Waals surface area contributed by atoms with Crippen LogP contribution < -0.4 is 15.2 Å². The number of hydrogen-bond donors (Lipinski definition) is 2. The average Bonchev–Trinajstić information content (AvgIpc) is 2.89. The van der Waals surface area contributed by atoms with E-state index < -0.39 is 32.4 Å². The largest absolute Gasteiger partial charge is 0.492 e. The molecule has 1 aromatic rings. The fraction of sp³-hybridized carbons (Fsp3) is 0.462. The number of primary sulfonamides is 1. The first-order chi connectivity index (χ1) is 9.82. The normalized spacial score (nSPS) is 16.0. The number of methoxy groups -OCH3 is 1. The first kappa shape index (κ1) is 15.7. The minimum atomic E-state index is -4.20. The Labute approximate surface area is 122 Å². The van der Waals surface area contributed by atoms with Gasteiger partial charge in [-0.1, -0.05) is 12.8 Å². The Morgan fingerprint density at radius 1 is 1.38 bits per heavy atom. The standard InChI is InChI=1S/C13H17FN2O4S/c1-20-12-10(14)6-8(7-11(12)21(15,18)19)13(17)16-9-4-2-3-5-9/h6-7,9H,2-5H2,1H3,(H,16,17)(H2,15,18,19). The quantitative estimate of drug-likeness (QED) is 0.870. The number of nitrogens with one attached hydrogen (secondary N) is 1. The molecule has 21 heavy (non-hydrogen) atoms. The van der Waals surface area contributed by atoms with E-state index in [4.69, 9.17) is 9.88 Å². The van der Waals surface area contributed by atoms with E-state index in [1.807, 2.05) is 0 Å². The Kier molecular flexibility index (Phi) is 4.48. The number of benzene rings is 1. The van der Waals surface area contributed by atoms with E-state index in [2.05, 4.69) is 5.32 Å². The predicted octanol–water partition coefficient (Wildman–Crippen LogP) is 1.15. The van der Waals surface area contributed by atoms with Crippen molar-refractivity contribution in [3.8, 4) is 5.75 Å². The van der Waals surface area contributed by atoms with Crippen molar-refractivity contribution in [3.63, 3.8) is 0 Å². The van der Waals surface area contributed by atoms with Crippen molar-refractivity contribution in [2.45, 2.75) is 36.6 Å². The molecule has 116 valence electrons. The molecule has 1 fully saturated rings. The summed E-state index contributed by atoms with van der Waals surface area (Å²) in [7, 11) is -3.07. The maximum absolute atomic E-state index is 13.9. The fourth-order valence-electron chi connectivity index (χ4n) is 2.45. The van der Waals surface area contributed by atoms with Crippen molar-refractivity contribution in [1.82, 2.24) is 5.32 Å². The van der Waals surface area contributed by atoms with Crippen LogP contribution in [0.1, 0.15) is 36.0 Å². The molecule has 0 aliphatic heterocycles. The van der Waals surface area contributed by atoms with Gasteiger partial charge in [-0.25, -0.2) is 17.9 Å². The van der Waals surface area contributed by atoms with E-state index in [1.54, 1.807) is 0 Å². The summed E-state index contributed by atoms with van der Waals surface area (Å²) in [6.45, 7) is 0. The number of sulfonamides is 1. The summed E-state index contributed by atoms with van der Waals surface area (Å²) in [5, 5.41) is 7.78. The molecule has 0 spiro atoms. The third-order valence-electron chi connectivity index (χ3n) is 3.47. The van der Waals surface area contributed by atoms with Crippen LogP contribution in [0.3, 0.4) is 0 Å². The Morgan fingerprint density at radius 2 is 2.00 bits per heavy atom. The summed E-state index contributed by atoms with van der Waals surface area (Å²) in [5.41, 5.74) is -0.0933. The van der Waals surface area contributed by atoms with E-state index in [0.717, 1.165) is 44.9 Å². The molecule has 1 aromatic carbocycles. The molecule has 0 atom stereocenters. The zero-order valence-electron chi connectivity index (χ0n) is 11.6. The molecular weight excluding hydrogens is 299 g/mol. The molecule has 0 aromatic heterocycles. The number of carbonyl (C=O) groups is 1. The van der Waals surface area contributed by atoms with Gasteiger partial charge in [0.25, 0.3) is 5.91 Å². The lowest BCUT2D eigenvalue weighted by molar-refractivity contribution is 0.0937. The van der Waals surface area contributed by atoms with Crippen LogP contribution in [0.15, 0.2) is 17.0 Å². The third kappa shape index (κ3) is 3.51. The molecule has 6 nitrogen and oxygen atoms in total. The zero-order valence-corrected chi connectivity index (χ0v) is 12.4. The summed E-state index contributed by atoms with van der Waals surface area (Å²) in [6, 6.07) is 2.01. The topological polar surface area (TPSA) is 98.5 Å². The van der Waals surface area contributed by atoms with Crippen LogP contribution in [0.4, 0.5) is 4.39 Å². The molecular formula is C13H17FN2O4S.